The Balaban J connectivity index is 2.26. The number of aromatic nitrogens is 2. The van der Waals surface area contributed by atoms with Crippen LogP contribution in [0.5, 0.6) is 0 Å². The van der Waals surface area contributed by atoms with Gasteiger partial charge in [-0.3, -0.25) is 18.8 Å². The number of fused-ring (bicyclic) bond motifs is 1. The van der Waals surface area contributed by atoms with Crippen LogP contribution in [0, 0.1) is 6.92 Å². The Morgan fingerprint density at radius 1 is 1.45 bits per heavy atom. The van der Waals surface area contributed by atoms with E-state index in [0.29, 0.717) is 4.96 Å². The standard InChI is InChI=1S/C14H17N3O4S/c1-8-7-22-13-15-6-9(12(21)17(8)13)11(20)16-14(2,3)5-4-10(18)19/h6-7H,4-5H2,1-3H3,(H,16,20)(H,18,19). The van der Waals surface area contributed by atoms with Crippen LogP contribution < -0.4 is 10.9 Å². The smallest absolute Gasteiger partial charge is 0.303 e. The highest BCUT2D eigenvalue weighted by molar-refractivity contribution is 7.15. The van der Waals surface area contributed by atoms with Crippen molar-refractivity contribution in [2.75, 3.05) is 0 Å². The van der Waals surface area contributed by atoms with E-state index >= 15 is 0 Å². The highest BCUT2D eigenvalue weighted by Crippen LogP contribution is 2.13. The van der Waals surface area contributed by atoms with Crippen molar-refractivity contribution in [2.24, 2.45) is 0 Å². The molecule has 2 aromatic rings. The van der Waals surface area contributed by atoms with Gasteiger partial charge < -0.3 is 10.4 Å². The van der Waals surface area contributed by atoms with Gasteiger partial charge in [-0.05, 0) is 27.2 Å². The molecule has 2 heterocycles. The van der Waals surface area contributed by atoms with Crippen LogP contribution in [0.3, 0.4) is 0 Å². The summed E-state index contributed by atoms with van der Waals surface area (Å²) in [6.45, 7) is 5.20. The summed E-state index contributed by atoms with van der Waals surface area (Å²) in [5.41, 5.74) is -0.486. The number of aliphatic carboxylic acids is 1. The largest absolute Gasteiger partial charge is 0.481 e. The lowest BCUT2D eigenvalue weighted by molar-refractivity contribution is -0.137. The minimum atomic E-state index is -0.931. The molecule has 0 radical (unpaired) electrons. The number of carboxylic acids is 1. The summed E-state index contributed by atoms with van der Waals surface area (Å²) < 4.78 is 1.39. The molecule has 0 saturated heterocycles. The molecule has 22 heavy (non-hydrogen) atoms. The van der Waals surface area contributed by atoms with Crippen molar-refractivity contribution in [3.63, 3.8) is 0 Å². The van der Waals surface area contributed by atoms with Gasteiger partial charge in [0.15, 0.2) is 4.96 Å². The molecule has 0 aliphatic carbocycles. The van der Waals surface area contributed by atoms with Gasteiger partial charge in [0.2, 0.25) is 0 Å². The Bertz CT molecular complexity index is 791. The van der Waals surface area contributed by atoms with Gasteiger partial charge in [0, 0.05) is 29.2 Å². The predicted molar refractivity (Wildman–Crippen MR) is 82.5 cm³/mol. The molecule has 8 heteroatoms. The number of aryl methyl sites for hydroxylation is 1. The molecule has 0 aliphatic heterocycles. The topological polar surface area (TPSA) is 101 Å². The Morgan fingerprint density at radius 3 is 2.77 bits per heavy atom. The van der Waals surface area contributed by atoms with Gasteiger partial charge in [0.25, 0.3) is 11.5 Å². The number of carbonyl (C=O) groups is 2. The maximum absolute atomic E-state index is 12.4. The summed E-state index contributed by atoms with van der Waals surface area (Å²) in [6, 6.07) is 0. The maximum Gasteiger partial charge on any atom is 0.303 e. The van der Waals surface area contributed by atoms with Gasteiger partial charge >= 0.3 is 5.97 Å². The summed E-state index contributed by atoms with van der Waals surface area (Å²) in [5.74, 6) is -1.48. The second kappa shape index (κ2) is 5.88. The quantitative estimate of drug-likeness (QED) is 0.867. The normalized spacial score (nSPS) is 11.6. The molecule has 118 valence electrons. The number of nitrogens with zero attached hydrogens (tertiary/aromatic N) is 2. The van der Waals surface area contributed by atoms with Gasteiger partial charge in [-0.1, -0.05) is 0 Å². The van der Waals surface area contributed by atoms with Crippen molar-refractivity contribution >= 4 is 28.2 Å². The van der Waals surface area contributed by atoms with Crippen LogP contribution in [0.4, 0.5) is 0 Å². The van der Waals surface area contributed by atoms with Crippen LogP contribution in [-0.4, -0.2) is 31.9 Å². The molecule has 2 N–H and O–H groups in total. The van der Waals surface area contributed by atoms with Gasteiger partial charge in [-0.15, -0.1) is 11.3 Å². The van der Waals surface area contributed by atoms with Crippen molar-refractivity contribution in [1.82, 2.24) is 14.7 Å². The lowest BCUT2D eigenvalue weighted by atomic mass is 9.98. The number of carboxylic acid groups (broad SMARTS) is 1. The number of rotatable bonds is 5. The summed E-state index contributed by atoms with van der Waals surface area (Å²) in [6.07, 6.45) is 1.46. The lowest BCUT2D eigenvalue weighted by Gasteiger charge is -2.25. The van der Waals surface area contributed by atoms with E-state index < -0.39 is 23.0 Å². The number of nitrogens with one attached hydrogen (secondary N) is 1. The second-order valence-electron chi connectivity index (χ2n) is 5.70. The molecule has 2 rings (SSSR count). The van der Waals surface area contributed by atoms with Crippen LogP contribution in [0.2, 0.25) is 0 Å². The fourth-order valence-corrected chi connectivity index (χ4v) is 2.86. The number of hydrogen-bond acceptors (Lipinski definition) is 5. The minimum Gasteiger partial charge on any atom is -0.481 e. The van der Waals surface area contributed by atoms with Gasteiger partial charge in [0.05, 0.1) is 0 Å². The third-order valence-corrected chi connectivity index (χ3v) is 4.23. The Hall–Kier alpha value is -2.22. The first kappa shape index (κ1) is 16.2. The fraction of sp³-hybridized carbons (Fsp3) is 0.429. The Morgan fingerprint density at radius 2 is 2.14 bits per heavy atom. The van der Waals surface area contributed by atoms with Gasteiger partial charge in [-0.25, -0.2) is 4.98 Å². The van der Waals surface area contributed by atoms with Crippen LogP contribution >= 0.6 is 11.3 Å². The molecule has 0 unspecified atom stereocenters. The van der Waals surface area contributed by atoms with E-state index in [1.165, 1.54) is 21.9 Å². The molecule has 0 spiro atoms. The Labute approximate surface area is 130 Å². The van der Waals surface area contributed by atoms with Crippen LogP contribution in [0.1, 0.15) is 42.7 Å². The minimum absolute atomic E-state index is 0.0533. The van der Waals surface area contributed by atoms with Crippen molar-refractivity contribution in [3.8, 4) is 0 Å². The zero-order valence-corrected chi connectivity index (χ0v) is 13.4. The molecule has 2 aromatic heterocycles. The fourth-order valence-electron chi connectivity index (χ4n) is 2.04. The van der Waals surface area contributed by atoms with E-state index in [1.807, 2.05) is 0 Å². The Kier molecular flexibility index (Phi) is 4.32. The third kappa shape index (κ3) is 3.33. The van der Waals surface area contributed by atoms with Crippen molar-refractivity contribution in [3.05, 3.63) is 33.2 Å². The number of thiazole rings is 1. The van der Waals surface area contributed by atoms with Gasteiger partial charge in [-0.2, -0.15) is 0 Å². The summed E-state index contributed by atoms with van der Waals surface area (Å²) in [7, 11) is 0. The molecule has 0 atom stereocenters. The van der Waals surface area contributed by atoms with E-state index in [1.54, 1.807) is 26.2 Å². The average Bonchev–Trinajstić information content (AvgIpc) is 2.79. The molecule has 0 aliphatic rings. The van der Waals surface area contributed by atoms with Gasteiger partial charge in [0.1, 0.15) is 5.56 Å². The first-order valence-corrected chi connectivity index (χ1v) is 7.59. The van der Waals surface area contributed by atoms with Crippen LogP contribution in [-0.2, 0) is 4.79 Å². The SMILES string of the molecule is Cc1csc2ncc(C(=O)NC(C)(C)CCC(=O)O)c(=O)n12. The van der Waals surface area contributed by atoms with E-state index in [-0.39, 0.29) is 18.4 Å². The van der Waals surface area contributed by atoms with Crippen molar-refractivity contribution in [2.45, 2.75) is 39.2 Å². The average molecular weight is 323 g/mol. The lowest BCUT2D eigenvalue weighted by Crippen LogP contribution is -2.45. The van der Waals surface area contributed by atoms with Crippen molar-refractivity contribution in [1.29, 1.82) is 0 Å². The zero-order chi connectivity index (χ0) is 16.5. The van der Waals surface area contributed by atoms with E-state index in [2.05, 4.69) is 10.3 Å². The van der Waals surface area contributed by atoms with E-state index in [0.717, 1.165) is 5.69 Å². The molecule has 7 nitrogen and oxygen atoms in total. The number of hydrogen-bond donors (Lipinski definition) is 2. The van der Waals surface area contributed by atoms with Crippen LogP contribution in [0.25, 0.3) is 4.96 Å². The number of carbonyl (C=O) groups excluding carboxylic acids is 1. The molecule has 1 amide bonds. The molecule has 0 bridgehead atoms. The summed E-state index contributed by atoms with van der Waals surface area (Å²) >= 11 is 1.33. The zero-order valence-electron chi connectivity index (χ0n) is 12.5. The maximum atomic E-state index is 12.4. The molecule has 0 fully saturated rings. The third-order valence-electron chi connectivity index (χ3n) is 3.28. The molecular weight excluding hydrogens is 306 g/mol. The van der Waals surface area contributed by atoms with E-state index in [4.69, 9.17) is 5.11 Å². The summed E-state index contributed by atoms with van der Waals surface area (Å²) in [5, 5.41) is 13.2. The highest BCUT2D eigenvalue weighted by atomic mass is 32.1. The first-order chi connectivity index (χ1) is 10.2. The predicted octanol–water partition coefficient (Wildman–Crippen LogP) is 1.44. The number of amides is 1. The highest BCUT2D eigenvalue weighted by Gasteiger charge is 2.24. The first-order valence-electron chi connectivity index (χ1n) is 6.71. The molecular formula is C14H17N3O4S. The second-order valence-corrected chi connectivity index (χ2v) is 6.54. The van der Waals surface area contributed by atoms with E-state index in [9.17, 15) is 14.4 Å². The summed E-state index contributed by atoms with van der Waals surface area (Å²) in [4.78, 5) is 40.0. The van der Waals surface area contributed by atoms with Crippen molar-refractivity contribution < 1.29 is 14.7 Å². The van der Waals surface area contributed by atoms with Crippen LogP contribution in [0.15, 0.2) is 16.4 Å². The molecule has 0 aromatic carbocycles. The molecule has 0 saturated carbocycles. The monoisotopic (exact) mass is 323 g/mol.